The molecule has 8 nitrogen and oxygen atoms in total. The minimum absolute atomic E-state index is 0.265. The quantitative estimate of drug-likeness (QED) is 0.670. The van der Waals surface area contributed by atoms with E-state index in [1.165, 1.54) is 15.6 Å². The SMILES string of the molecule is CC([C@H](C)O)n1ncn(-c2ccc(N3CCN(c4ccc(O)cc4)CC3)cc2)c1=O. The topological polar surface area (TPSA) is 86.8 Å². The van der Waals surface area contributed by atoms with Crippen molar-refractivity contribution in [1.29, 1.82) is 0 Å². The average Bonchev–Trinajstić information content (AvgIpc) is 3.15. The van der Waals surface area contributed by atoms with Crippen LogP contribution in [0.3, 0.4) is 0 Å². The Bertz CT molecular complexity index is 1030. The summed E-state index contributed by atoms with van der Waals surface area (Å²) in [6.45, 7) is 7.00. The first-order valence-corrected chi connectivity index (χ1v) is 10.2. The van der Waals surface area contributed by atoms with Gasteiger partial charge in [0.05, 0.1) is 17.8 Å². The van der Waals surface area contributed by atoms with E-state index in [-0.39, 0.29) is 17.5 Å². The van der Waals surface area contributed by atoms with Gasteiger partial charge in [0.25, 0.3) is 0 Å². The predicted octanol–water partition coefficient (Wildman–Crippen LogP) is 2.01. The molecule has 8 heteroatoms. The number of aromatic nitrogens is 3. The highest BCUT2D eigenvalue weighted by Crippen LogP contribution is 2.23. The van der Waals surface area contributed by atoms with Crippen molar-refractivity contribution in [1.82, 2.24) is 14.3 Å². The van der Waals surface area contributed by atoms with Gasteiger partial charge in [-0.15, -0.1) is 0 Å². The molecule has 0 amide bonds. The van der Waals surface area contributed by atoms with Gasteiger partial charge in [-0.1, -0.05) is 0 Å². The number of phenols is 1. The molecule has 158 valence electrons. The lowest BCUT2D eigenvalue weighted by Gasteiger charge is -2.37. The van der Waals surface area contributed by atoms with E-state index < -0.39 is 6.10 Å². The third-order valence-corrected chi connectivity index (χ3v) is 5.77. The van der Waals surface area contributed by atoms with Crippen LogP contribution >= 0.6 is 0 Å². The van der Waals surface area contributed by atoms with E-state index in [1.54, 1.807) is 26.0 Å². The average molecular weight is 409 g/mol. The smallest absolute Gasteiger partial charge is 0.350 e. The second kappa shape index (κ2) is 8.23. The fourth-order valence-corrected chi connectivity index (χ4v) is 3.69. The number of aliphatic hydroxyl groups is 1. The monoisotopic (exact) mass is 409 g/mol. The van der Waals surface area contributed by atoms with Crippen LogP contribution in [0.1, 0.15) is 19.9 Å². The van der Waals surface area contributed by atoms with Crippen LogP contribution in [-0.4, -0.2) is 56.8 Å². The standard InChI is InChI=1S/C22H27N5O3/c1-16(17(2)28)27-22(30)26(15-23-27)20-5-3-18(4-6-20)24-11-13-25(14-12-24)19-7-9-21(29)10-8-19/h3-10,15-17,28-29H,11-14H2,1-2H3/t16?,17-/m0/s1. The lowest BCUT2D eigenvalue weighted by molar-refractivity contribution is 0.130. The number of hydrogen-bond donors (Lipinski definition) is 2. The van der Waals surface area contributed by atoms with Gasteiger partial charge in [-0.2, -0.15) is 5.10 Å². The van der Waals surface area contributed by atoms with Crippen LogP contribution in [0.4, 0.5) is 11.4 Å². The molecule has 2 N–H and O–H groups in total. The largest absolute Gasteiger partial charge is 0.508 e. The lowest BCUT2D eigenvalue weighted by atomic mass is 10.2. The number of aliphatic hydroxyl groups excluding tert-OH is 1. The number of piperazine rings is 1. The van der Waals surface area contributed by atoms with E-state index in [4.69, 9.17) is 0 Å². The normalized spacial score (nSPS) is 16.5. The Morgan fingerprint density at radius 3 is 1.80 bits per heavy atom. The van der Waals surface area contributed by atoms with E-state index in [0.717, 1.165) is 43.2 Å². The zero-order chi connectivity index (χ0) is 21.3. The zero-order valence-corrected chi connectivity index (χ0v) is 17.2. The molecule has 0 saturated carbocycles. The maximum absolute atomic E-state index is 12.6. The third-order valence-electron chi connectivity index (χ3n) is 5.77. The van der Waals surface area contributed by atoms with Crippen molar-refractivity contribution in [2.75, 3.05) is 36.0 Å². The number of anilines is 2. The van der Waals surface area contributed by atoms with E-state index in [2.05, 4.69) is 14.9 Å². The highest BCUT2D eigenvalue weighted by molar-refractivity contribution is 5.54. The molecule has 2 atom stereocenters. The molecule has 0 aliphatic carbocycles. The summed E-state index contributed by atoms with van der Waals surface area (Å²) in [4.78, 5) is 17.2. The van der Waals surface area contributed by atoms with Gasteiger partial charge in [-0.25, -0.2) is 14.0 Å². The second-order valence-electron chi connectivity index (χ2n) is 7.72. The highest BCUT2D eigenvalue weighted by Gasteiger charge is 2.19. The van der Waals surface area contributed by atoms with Crippen LogP contribution in [0, 0.1) is 0 Å². The molecule has 1 fully saturated rings. The molecule has 1 aliphatic heterocycles. The Hall–Kier alpha value is -3.26. The Balaban J connectivity index is 1.44. The van der Waals surface area contributed by atoms with Gasteiger partial charge in [0.15, 0.2) is 0 Å². The first kappa shape index (κ1) is 20.0. The molecule has 1 aliphatic rings. The van der Waals surface area contributed by atoms with Gasteiger partial charge in [-0.3, -0.25) is 0 Å². The molecule has 0 spiro atoms. The Morgan fingerprint density at radius 2 is 1.30 bits per heavy atom. The van der Waals surface area contributed by atoms with Gasteiger partial charge in [0, 0.05) is 37.6 Å². The lowest BCUT2D eigenvalue weighted by Crippen LogP contribution is -2.46. The number of phenolic OH excluding ortho intramolecular Hbond substituents is 1. The summed E-state index contributed by atoms with van der Waals surface area (Å²) in [7, 11) is 0. The van der Waals surface area contributed by atoms with Crippen molar-refractivity contribution in [3.8, 4) is 11.4 Å². The molecule has 0 bridgehead atoms. The predicted molar refractivity (Wildman–Crippen MR) is 117 cm³/mol. The number of benzene rings is 2. The Labute approximate surface area is 175 Å². The summed E-state index contributed by atoms with van der Waals surface area (Å²) in [6.07, 6.45) is 0.834. The van der Waals surface area contributed by atoms with Gasteiger partial charge >= 0.3 is 5.69 Å². The van der Waals surface area contributed by atoms with E-state index in [0.29, 0.717) is 0 Å². The van der Waals surface area contributed by atoms with Crippen LogP contribution < -0.4 is 15.5 Å². The molecule has 3 aromatic rings. The van der Waals surface area contributed by atoms with Crippen LogP contribution in [-0.2, 0) is 0 Å². The molecule has 2 aromatic carbocycles. The van der Waals surface area contributed by atoms with Crippen molar-refractivity contribution in [3.63, 3.8) is 0 Å². The summed E-state index contributed by atoms with van der Waals surface area (Å²) in [5.41, 5.74) is 2.71. The molecule has 2 heterocycles. The summed E-state index contributed by atoms with van der Waals surface area (Å²) in [6, 6.07) is 14.8. The van der Waals surface area contributed by atoms with Crippen molar-refractivity contribution >= 4 is 11.4 Å². The van der Waals surface area contributed by atoms with Crippen molar-refractivity contribution in [2.24, 2.45) is 0 Å². The zero-order valence-electron chi connectivity index (χ0n) is 17.2. The number of hydrogen-bond acceptors (Lipinski definition) is 6. The molecule has 30 heavy (non-hydrogen) atoms. The summed E-state index contributed by atoms with van der Waals surface area (Å²) >= 11 is 0. The maximum Gasteiger partial charge on any atom is 0.350 e. The van der Waals surface area contributed by atoms with Crippen LogP contribution in [0.2, 0.25) is 0 Å². The van der Waals surface area contributed by atoms with Gasteiger partial charge < -0.3 is 20.0 Å². The molecule has 4 rings (SSSR count). The van der Waals surface area contributed by atoms with Crippen molar-refractivity contribution in [2.45, 2.75) is 26.0 Å². The first-order valence-electron chi connectivity index (χ1n) is 10.2. The van der Waals surface area contributed by atoms with E-state index in [1.807, 2.05) is 36.4 Å². The summed E-state index contributed by atoms with van der Waals surface area (Å²) < 4.78 is 2.80. The minimum atomic E-state index is -0.659. The van der Waals surface area contributed by atoms with Gasteiger partial charge in [0.1, 0.15) is 12.1 Å². The summed E-state index contributed by atoms with van der Waals surface area (Å²) in [5, 5.41) is 23.3. The summed E-state index contributed by atoms with van der Waals surface area (Å²) in [5.74, 6) is 0.280. The van der Waals surface area contributed by atoms with E-state index in [9.17, 15) is 15.0 Å². The fourth-order valence-electron chi connectivity index (χ4n) is 3.69. The van der Waals surface area contributed by atoms with Crippen LogP contribution in [0.25, 0.3) is 5.69 Å². The molecule has 0 radical (unpaired) electrons. The Morgan fingerprint density at radius 1 is 0.833 bits per heavy atom. The van der Waals surface area contributed by atoms with E-state index >= 15 is 0 Å². The number of aromatic hydroxyl groups is 1. The fraction of sp³-hybridized carbons (Fsp3) is 0.364. The van der Waals surface area contributed by atoms with Crippen molar-refractivity contribution < 1.29 is 10.2 Å². The first-order chi connectivity index (χ1) is 14.4. The number of rotatable bonds is 5. The highest BCUT2D eigenvalue weighted by atomic mass is 16.3. The van der Waals surface area contributed by atoms with Crippen LogP contribution in [0.5, 0.6) is 5.75 Å². The molecular weight excluding hydrogens is 382 g/mol. The van der Waals surface area contributed by atoms with Gasteiger partial charge in [-0.05, 0) is 62.4 Å². The molecule has 1 saturated heterocycles. The van der Waals surface area contributed by atoms with Crippen molar-refractivity contribution in [3.05, 3.63) is 65.3 Å². The molecular formula is C22H27N5O3. The van der Waals surface area contributed by atoms with Gasteiger partial charge in [0.2, 0.25) is 0 Å². The maximum atomic E-state index is 12.6. The number of nitrogens with zero attached hydrogens (tertiary/aromatic N) is 5. The molecule has 1 unspecified atom stereocenters. The second-order valence-corrected chi connectivity index (χ2v) is 7.72. The Kier molecular flexibility index (Phi) is 5.50. The minimum Gasteiger partial charge on any atom is -0.508 e. The molecule has 1 aromatic heterocycles. The van der Waals surface area contributed by atoms with Crippen LogP contribution in [0.15, 0.2) is 59.7 Å². The third kappa shape index (κ3) is 3.91.